The normalized spacial score (nSPS) is 11.0. The maximum Gasteiger partial charge on any atom is 0.312 e. The van der Waals surface area contributed by atoms with Crippen molar-refractivity contribution in [2.24, 2.45) is 5.73 Å². The third-order valence-corrected chi connectivity index (χ3v) is 3.45. The average molecular weight is 357 g/mol. The Balaban J connectivity index is 1.90. The van der Waals surface area contributed by atoms with Crippen LogP contribution in [-0.4, -0.2) is 23.1 Å². The van der Waals surface area contributed by atoms with E-state index in [0.29, 0.717) is 6.42 Å². The molecule has 6 N–H and O–H groups in total. The summed E-state index contributed by atoms with van der Waals surface area (Å²) in [5.41, 5.74) is 11.9. The molecule has 0 aliphatic carbocycles. The summed E-state index contributed by atoms with van der Waals surface area (Å²) in [7, 11) is 0. The molecule has 0 aromatic heterocycles. The summed E-state index contributed by atoms with van der Waals surface area (Å²) in [6.45, 7) is 0. The Labute approximate surface area is 151 Å². The van der Waals surface area contributed by atoms with Gasteiger partial charge in [0, 0.05) is 12.1 Å². The van der Waals surface area contributed by atoms with Crippen LogP contribution in [0.3, 0.4) is 0 Å². The SMILES string of the molecule is NC(=O)NC(Cc1ccccc1)C(=O)NNC(=S)Nc1ccccc1. The molecule has 1 unspecified atom stereocenters. The molecule has 3 amide bonds. The number of carbonyl (C=O) groups excluding carboxylic acids is 2. The second-order valence-corrected chi connectivity index (χ2v) is 5.59. The first-order chi connectivity index (χ1) is 12.0. The van der Waals surface area contributed by atoms with Crippen molar-refractivity contribution in [2.75, 3.05) is 5.32 Å². The third kappa shape index (κ3) is 6.48. The molecule has 1 atom stereocenters. The minimum atomic E-state index is -0.827. The molecule has 0 fully saturated rings. The van der Waals surface area contributed by atoms with E-state index >= 15 is 0 Å². The van der Waals surface area contributed by atoms with Crippen molar-refractivity contribution in [1.82, 2.24) is 16.2 Å². The molecule has 0 bridgehead atoms. The summed E-state index contributed by atoms with van der Waals surface area (Å²) >= 11 is 5.11. The van der Waals surface area contributed by atoms with Gasteiger partial charge in [0.1, 0.15) is 6.04 Å². The Morgan fingerprint density at radius 1 is 0.960 bits per heavy atom. The second kappa shape index (κ2) is 9.24. The van der Waals surface area contributed by atoms with Gasteiger partial charge in [-0.3, -0.25) is 15.6 Å². The molecule has 0 saturated carbocycles. The monoisotopic (exact) mass is 357 g/mol. The summed E-state index contributed by atoms with van der Waals surface area (Å²) in [4.78, 5) is 23.5. The lowest BCUT2D eigenvalue weighted by molar-refractivity contribution is -0.123. The Morgan fingerprint density at radius 2 is 1.56 bits per heavy atom. The number of rotatable bonds is 5. The molecular weight excluding hydrogens is 338 g/mol. The first-order valence-electron chi connectivity index (χ1n) is 7.56. The predicted molar refractivity (Wildman–Crippen MR) is 101 cm³/mol. The number of nitrogens with one attached hydrogen (secondary N) is 4. The van der Waals surface area contributed by atoms with E-state index in [0.717, 1.165) is 11.3 Å². The van der Waals surface area contributed by atoms with Gasteiger partial charge in [0.2, 0.25) is 0 Å². The number of anilines is 1. The molecule has 0 spiro atoms. The maximum atomic E-state index is 12.3. The number of benzene rings is 2. The van der Waals surface area contributed by atoms with E-state index in [2.05, 4.69) is 21.5 Å². The highest BCUT2D eigenvalue weighted by Gasteiger charge is 2.20. The topological polar surface area (TPSA) is 108 Å². The molecule has 0 heterocycles. The molecule has 2 aromatic carbocycles. The highest BCUT2D eigenvalue weighted by molar-refractivity contribution is 7.80. The number of hydrogen-bond donors (Lipinski definition) is 5. The van der Waals surface area contributed by atoms with Crippen LogP contribution in [0.4, 0.5) is 10.5 Å². The summed E-state index contributed by atoms with van der Waals surface area (Å²) in [6.07, 6.45) is 0.302. The molecule has 7 nitrogen and oxygen atoms in total. The quantitative estimate of drug-likeness (QED) is 0.409. The van der Waals surface area contributed by atoms with Gasteiger partial charge in [-0.25, -0.2) is 4.79 Å². The zero-order valence-corrected chi connectivity index (χ0v) is 14.2. The molecule has 0 saturated heterocycles. The third-order valence-electron chi connectivity index (χ3n) is 3.25. The van der Waals surface area contributed by atoms with Gasteiger partial charge in [-0.15, -0.1) is 0 Å². The van der Waals surface area contributed by atoms with E-state index < -0.39 is 18.0 Å². The van der Waals surface area contributed by atoms with Crippen LogP contribution in [0.1, 0.15) is 5.56 Å². The number of nitrogens with two attached hydrogens (primary N) is 1. The van der Waals surface area contributed by atoms with Crippen molar-refractivity contribution in [1.29, 1.82) is 0 Å². The molecule has 8 heteroatoms. The Morgan fingerprint density at radius 3 is 2.16 bits per heavy atom. The Hall–Kier alpha value is -3.13. The van der Waals surface area contributed by atoms with Crippen molar-refractivity contribution in [3.63, 3.8) is 0 Å². The number of thiocarbonyl (C=S) groups is 1. The smallest absolute Gasteiger partial charge is 0.312 e. The van der Waals surface area contributed by atoms with Crippen LogP contribution in [0.2, 0.25) is 0 Å². The minimum Gasteiger partial charge on any atom is -0.352 e. The molecule has 2 rings (SSSR count). The lowest BCUT2D eigenvalue weighted by atomic mass is 10.1. The van der Waals surface area contributed by atoms with E-state index in [-0.39, 0.29) is 5.11 Å². The van der Waals surface area contributed by atoms with Crippen LogP contribution in [0, 0.1) is 0 Å². The molecule has 2 aromatic rings. The van der Waals surface area contributed by atoms with Gasteiger partial charge in [0.05, 0.1) is 0 Å². The number of carbonyl (C=O) groups is 2. The van der Waals surface area contributed by atoms with Gasteiger partial charge in [0.25, 0.3) is 5.91 Å². The van der Waals surface area contributed by atoms with E-state index in [1.807, 2.05) is 60.7 Å². The fraction of sp³-hybridized carbons (Fsp3) is 0.118. The lowest BCUT2D eigenvalue weighted by Crippen LogP contribution is -2.54. The Bertz CT molecular complexity index is 724. The summed E-state index contributed by atoms with van der Waals surface area (Å²) in [5, 5.41) is 5.56. The van der Waals surface area contributed by atoms with E-state index in [9.17, 15) is 9.59 Å². The highest BCUT2D eigenvalue weighted by Crippen LogP contribution is 2.05. The fourth-order valence-corrected chi connectivity index (χ4v) is 2.29. The van der Waals surface area contributed by atoms with Crippen LogP contribution in [0.5, 0.6) is 0 Å². The molecule has 130 valence electrons. The molecule has 0 aliphatic rings. The largest absolute Gasteiger partial charge is 0.352 e. The van der Waals surface area contributed by atoms with Crippen LogP contribution in [0.25, 0.3) is 0 Å². The number of para-hydroxylation sites is 1. The van der Waals surface area contributed by atoms with Crippen molar-refractivity contribution < 1.29 is 9.59 Å². The lowest BCUT2D eigenvalue weighted by Gasteiger charge is -2.18. The van der Waals surface area contributed by atoms with Crippen LogP contribution in [-0.2, 0) is 11.2 Å². The van der Waals surface area contributed by atoms with Crippen molar-refractivity contribution in [2.45, 2.75) is 12.5 Å². The fourth-order valence-electron chi connectivity index (χ4n) is 2.12. The maximum absolute atomic E-state index is 12.3. The number of primary amides is 1. The first kappa shape index (κ1) is 18.2. The van der Waals surface area contributed by atoms with Crippen LogP contribution >= 0.6 is 12.2 Å². The summed E-state index contributed by atoms with van der Waals surface area (Å²) in [5.74, 6) is -0.458. The van der Waals surface area contributed by atoms with Gasteiger partial charge in [0.15, 0.2) is 5.11 Å². The Kier molecular flexibility index (Phi) is 6.73. The van der Waals surface area contributed by atoms with Gasteiger partial charge >= 0.3 is 6.03 Å². The van der Waals surface area contributed by atoms with E-state index in [1.54, 1.807) is 0 Å². The van der Waals surface area contributed by atoms with Crippen LogP contribution in [0.15, 0.2) is 60.7 Å². The van der Waals surface area contributed by atoms with Crippen molar-refractivity contribution >= 4 is 35.0 Å². The number of urea groups is 1. The van der Waals surface area contributed by atoms with Gasteiger partial charge < -0.3 is 16.4 Å². The van der Waals surface area contributed by atoms with E-state index in [4.69, 9.17) is 18.0 Å². The summed E-state index contributed by atoms with van der Waals surface area (Å²) in [6, 6.07) is 17.0. The van der Waals surface area contributed by atoms with Crippen LogP contribution < -0.4 is 27.2 Å². The van der Waals surface area contributed by atoms with Gasteiger partial charge in [-0.1, -0.05) is 48.5 Å². The van der Waals surface area contributed by atoms with Gasteiger partial charge in [-0.05, 0) is 29.9 Å². The standard InChI is InChI=1S/C17H19N5O2S/c18-16(24)20-14(11-12-7-3-1-4-8-12)15(23)21-22-17(25)19-13-9-5-2-6-10-13/h1-10,14H,11H2,(H,21,23)(H3,18,20,24)(H2,19,22,25). The van der Waals surface area contributed by atoms with Gasteiger partial charge in [-0.2, -0.15) is 0 Å². The zero-order chi connectivity index (χ0) is 18.1. The highest BCUT2D eigenvalue weighted by atomic mass is 32.1. The molecule has 25 heavy (non-hydrogen) atoms. The first-order valence-corrected chi connectivity index (χ1v) is 7.97. The van der Waals surface area contributed by atoms with Crippen molar-refractivity contribution in [3.05, 3.63) is 66.2 Å². The number of hydrogen-bond acceptors (Lipinski definition) is 3. The second-order valence-electron chi connectivity index (χ2n) is 5.19. The summed E-state index contributed by atoms with van der Waals surface area (Å²) < 4.78 is 0. The molecule has 0 aliphatic heterocycles. The number of amides is 3. The van der Waals surface area contributed by atoms with Crippen molar-refractivity contribution in [3.8, 4) is 0 Å². The predicted octanol–water partition coefficient (Wildman–Crippen LogP) is 1.28. The minimum absolute atomic E-state index is 0.220. The number of hydrazine groups is 1. The molecule has 0 radical (unpaired) electrons. The average Bonchev–Trinajstić information content (AvgIpc) is 2.60. The zero-order valence-electron chi connectivity index (χ0n) is 13.4. The van der Waals surface area contributed by atoms with E-state index in [1.165, 1.54) is 0 Å². The molecular formula is C17H19N5O2S.